The largest absolute Gasteiger partial charge is 0.315 e. The van der Waals surface area contributed by atoms with Crippen LogP contribution in [0.15, 0.2) is 0 Å². The Labute approximate surface area is 108 Å². The van der Waals surface area contributed by atoms with Crippen molar-refractivity contribution in [3.63, 3.8) is 0 Å². The lowest BCUT2D eigenvalue weighted by atomic mass is 9.98. The van der Waals surface area contributed by atoms with E-state index in [0.29, 0.717) is 6.04 Å². The van der Waals surface area contributed by atoms with E-state index in [0.717, 1.165) is 25.0 Å². The normalized spacial score (nSPS) is 20.8. The van der Waals surface area contributed by atoms with Gasteiger partial charge in [-0.3, -0.25) is 4.90 Å². The molecule has 102 valence electrons. The highest BCUT2D eigenvalue weighted by atomic mass is 15.2. The minimum atomic E-state index is 0.693. The fraction of sp³-hybridized carbons (Fsp3) is 1.00. The van der Waals surface area contributed by atoms with Gasteiger partial charge < -0.3 is 5.32 Å². The average Bonchev–Trinajstić information content (AvgIpc) is 2.57. The van der Waals surface area contributed by atoms with Crippen molar-refractivity contribution in [2.24, 2.45) is 5.92 Å². The smallest absolute Gasteiger partial charge is 0.0243 e. The summed E-state index contributed by atoms with van der Waals surface area (Å²) in [5.41, 5.74) is 0. The molecule has 2 heteroatoms. The molecule has 0 aromatic carbocycles. The molecule has 1 N–H and O–H groups in total. The van der Waals surface area contributed by atoms with Gasteiger partial charge in [-0.15, -0.1) is 0 Å². The second-order valence-corrected chi connectivity index (χ2v) is 5.93. The lowest BCUT2D eigenvalue weighted by molar-refractivity contribution is 0.122. The van der Waals surface area contributed by atoms with Crippen molar-refractivity contribution in [3.05, 3.63) is 0 Å². The first-order valence-corrected chi connectivity index (χ1v) is 7.59. The Morgan fingerprint density at radius 1 is 1.12 bits per heavy atom. The molecular weight excluding hydrogens is 208 g/mol. The molecule has 1 saturated carbocycles. The summed E-state index contributed by atoms with van der Waals surface area (Å²) in [6, 6.07) is 1.52. The van der Waals surface area contributed by atoms with Gasteiger partial charge in [0.05, 0.1) is 0 Å². The first kappa shape index (κ1) is 15.0. The molecule has 0 radical (unpaired) electrons. The summed E-state index contributed by atoms with van der Waals surface area (Å²) >= 11 is 0. The maximum absolute atomic E-state index is 3.52. The Kier molecular flexibility index (Phi) is 7.14. The van der Waals surface area contributed by atoms with Gasteiger partial charge in [-0.1, -0.05) is 46.5 Å². The minimum Gasteiger partial charge on any atom is -0.315 e. The zero-order valence-electron chi connectivity index (χ0n) is 12.3. The van der Waals surface area contributed by atoms with E-state index in [2.05, 4.69) is 38.0 Å². The maximum Gasteiger partial charge on any atom is 0.0243 e. The van der Waals surface area contributed by atoms with Gasteiger partial charge in [0.15, 0.2) is 0 Å². The first-order valence-electron chi connectivity index (χ1n) is 7.59. The van der Waals surface area contributed by atoms with Crippen LogP contribution in [0.5, 0.6) is 0 Å². The molecule has 1 atom stereocenters. The van der Waals surface area contributed by atoms with Crippen LogP contribution in [0.2, 0.25) is 0 Å². The monoisotopic (exact) mass is 240 g/mol. The Hall–Kier alpha value is -0.0800. The van der Waals surface area contributed by atoms with E-state index in [4.69, 9.17) is 0 Å². The summed E-state index contributed by atoms with van der Waals surface area (Å²) in [6.45, 7) is 9.14. The van der Waals surface area contributed by atoms with Gasteiger partial charge >= 0.3 is 0 Å². The minimum absolute atomic E-state index is 0.693. The van der Waals surface area contributed by atoms with Crippen LogP contribution < -0.4 is 5.32 Å². The number of nitrogens with one attached hydrogen (secondary N) is 1. The molecule has 0 aliphatic heterocycles. The molecule has 0 heterocycles. The highest BCUT2D eigenvalue weighted by Gasteiger charge is 2.25. The molecule has 17 heavy (non-hydrogen) atoms. The predicted octanol–water partition coefficient (Wildman–Crippen LogP) is 3.28. The van der Waals surface area contributed by atoms with Crippen LogP contribution in [0.25, 0.3) is 0 Å². The van der Waals surface area contributed by atoms with Crippen molar-refractivity contribution in [1.82, 2.24) is 10.2 Å². The second-order valence-electron chi connectivity index (χ2n) is 5.93. The Morgan fingerprint density at radius 2 is 1.71 bits per heavy atom. The van der Waals surface area contributed by atoms with E-state index >= 15 is 0 Å². The second kappa shape index (κ2) is 8.10. The number of nitrogens with zero attached hydrogens (tertiary/aromatic N) is 1. The van der Waals surface area contributed by atoms with Gasteiger partial charge in [0.1, 0.15) is 0 Å². The Balaban J connectivity index is 2.51. The van der Waals surface area contributed by atoms with Crippen molar-refractivity contribution in [2.75, 3.05) is 20.1 Å². The van der Waals surface area contributed by atoms with E-state index in [1.165, 1.54) is 38.5 Å². The molecule has 1 fully saturated rings. The van der Waals surface area contributed by atoms with Gasteiger partial charge in [0, 0.05) is 18.6 Å². The van der Waals surface area contributed by atoms with E-state index in [1.54, 1.807) is 0 Å². The van der Waals surface area contributed by atoms with Gasteiger partial charge in [-0.25, -0.2) is 0 Å². The molecule has 0 bridgehead atoms. The fourth-order valence-corrected chi connectivity index (χ4v) is 3.08. The Bertz CT molecular complexity index is 183. The summed E-state index contributed by atoms with van der Waals surface area (Å²) in [6.07, 6.45) is 8.58. The number of hydrogen-bond donors (Lipinski definition) is 1. The van der Waals surface area contributed by atoms with Crippen LogP contribution in [0.3, 0.4) is 0 Å². The van der Waals surface area contributed by atoms with Gasteiger partial charge in [0.2, 0.25) is 0 Å². The molecule has 2 nitrogen and oxygen atoms in total. The summed E-state index contributed by atoms with van der Waals surface area (Å²) < 4.78 is 0. The zero-order chi connectivity index (χ0) is 12.7. The molecule has 0 amide bonds. The van der Waals surface area contributed by atoms with Crippen LogP contribution in [-0.2, 0) is 0 Å². The third kappa shape index (κ3) is 4.97. The van der Waals surface area contributed by atoms with Crippen molar-refractivity contribution in [2.45, 2.75) is 71.4 Å². The number of hydrogen-bond acceptors (Lipinski definition) is 2. The van der Waals surface area contributed by atoms with Gasteiger partial charge in [-0.2, -0.15) is 0 Å². The SMILES string of the molecule is CCNCC(C(C)C)N(C)C1CCCCCC1. The lowest BCUT2D eigenvalue weighted by Crippen LogP contribution is -2.48. The van der Waals surface area contributed by atoms with E-state index in [9.17, 15) is 0 Å². The molecule has 0 spiro atoms. The summed E-state index contributed by atoms with van der Waals surface area (Å²) in [5.74, 6) is 0.738. The van der Waals surface area contributed by atoms with E-state index in [1.807, 2.05) is 0 Å². The Morgan fingerprint density at radius 3 is 2.18 bits per heavy atom. The highest BCUT2D eigenvalue weighted by Crippen LogP contribution is 2.24. The molecule has 1 aliphatic carbocycles. The first-order chi connectivity index (χ1) is 8.16. The molecular formula is C15H32N2. The van der Waals surface area contributed by atoms with E-state index in [-0.39, 0.29) is 0 Å². The maximum atomic E-state index is 3.52. The van der Waals surface area contributed by atoms with Crippen LogP contribution in [0, 0.1) is 5.92 Å². The molecule has 1 unspecified atom stereocenters. The lowest BCUT2D eigenvalue weighted by Gasteiger charge is -2.37. The van der Waals surface area contributed by atoms with Crippen molar-refractivity contribution >= 4 is 0 Å². The zero-order valence-corrected chi connectivity index (χ0v) is 12.3. The topological polar surface area (TPSA) is 15.3 Å². The third-order valence-corrected chi connectivity index (χ3v) is 4.30. The molecule has 1 rings (SSSR count). The van der Waals surface area contributed by atoms with Crippen LogP contribution in [0.1, 0.15) is 59.3 Å². The third-order valence-electron chi connectivity index (χ3n) is 4.30. The fourth-order valence-electron chi connectivity index (χ4n) is 3.08. The van der Waals surface area contributed by atoms with Crippen LogP contribution in [-0.4, -0.2) is 37.1 Å². The van der Waals surface area contributed by atoms with Crippen molar-refractivity contribution in [1.29, 1.82) is 0 Å². The van der Waals surface area contributed by atoms with Crippen LogP contribution in [0.4, 0.5) is 0 Å². The van der Waals surface area contributed by atoms with Gasteiger partial charge in [0.25, 0.3) is 0 Å². The number of rotatable bonds is 6. The van der Waals surface area contributed by atoms with Crippen molar-refractivity contribution < 1.29 is 0 Å². The molecule has 0 aromatic rings. The van der Waals surface area contributed by atoms with Gasteiger partial charge in [-0.05, 0) is 32.4 Å². The van der Waals surface area contributed by atoms with Crippen LogP contribution >= 0.6 is 0 Å². The standard InChI is InChI=1S/C15H32N2/c1-5-16-12-15(13(2)3)17(4)14-10-8-6-7-9-11-14/h13-16H,5-12H2,1-4H3. The summed E-state index contributed by atoms with van der Waals surface area (Å²) in [7, 11) is 2.35. The summed E-state index contributed by atoms with van der Waals surface area (Å²) in [5, 5.41) is 3.52. The number of likely N-dealkylation sites (N-methyl/N-ethyl adjacent to an activating group) is 2. The van der Waals surface area contributed by atoms with E-state index < -0.39 is 0 Å². The molecule has 0 aromatic heterocycles. The highest BCUT2D eigenvalue weighted by molar-refractivity contribution is 4.81. The summed E-state index contributed by atoms with van der Waals surface area (Å²) in [4.78, 5) is 2.67. The predicted molar refractivity (Wildman–Crippen MR) is 76.4 cm³/mol. The quantitative estimate of drug-likeness (QED) is 0.717. The molecule has 0 saturated heterocycles. The van der Waals surface area contributed by atoms with Crippen molar-refractivity contribution in [3.8, 4) is 0 Å². The average molecular weight is 240 g/mol. The molecule has 1 aliphatic rings.